The summed E-state index contributed by atoms with van der Waals surface area (Å²) in [5.41, 5.74) is 0.974. The Morgan fingerprint density at radius 2 is 2.13 bits per heavy atom. The number of amides is 1. The summed E-state index contributed by atoms with van der Waals surface area (Å²) < 4.78 is 4.58. The molecule has 1 rings (SSSR count). The summed E-state index contributed by atoms with van der Waals surface area (Å²) in [4.78, 5) is 21.6. The van der Waals surface area contributed by atoms with Gasteiger partial charge in [0.15, 0.2) is 0 Å². The molecular weight excluding hydrogens is 194 g/mol. The minimum atomic E-state index is -0.616. The third-order valence-electron chi connectivity index (χ3n) is 2.04. The molecule has 1 aromatic rings. The van der Waals surface area contributed by atoms with Crippen LogP contribution in [0.2, 0.25) is 0 Å². The summed E-state index contributed by atoms with van der Waals surface area (Å²) in [5.74, 6) is -0.439. The van der Waals surface area contributed by atoms with Crippen molar-refractivity contribution in [1.29, 1.82) is 0 Å². The standard InChI is InChI=1S/C11H13NO3/c1-15-11(14)10(12-8-13)7-9-5-3-2-4-6-9/h2-6,8,10H,7H2,1H3,(H,12,13). The summed E-state index contributed by atoms with van der Waals surface area (Å²) in [6.45, 7) is 0. The van der Waals surface area contributed by atoms with Crippen LogP contribution >= 0.6 is 0 Å². The highest BCUT2D eigenvalue weighted by Gasteiger charge is 2.18. The van der Waals surface area contributed by atoms with Gasteiger partial charge in [0.2, 0.25) is 6.41 Å². The van der Waals surface area contributed by atoms with Crippen LogP contribution in [0.15, 0.2) is 30.3 Å². The quantitative estimate of drug-likeness (QED) is 0.565. The first-order chi connectivity index (χ1) is 7.27. The number of carbonyl (C=O) groups excluding carboxylic acids is 2. The predicted octanol–water partition coefficient (Wildman–Crippen LogP) is 0.517. The van der Waals surface area contributed by atoms with Crippen LogP contribution in [0.4, 0.5) is 0 Å². The lowest BCUT2D eigenvalue weighted by Crippen LogP contribution is -2.38. The van der Waals surface area contributed by atoms with E-state index in [0.717, 1.165) is 5.56 Å². The second-order valence-electron chi connectivity index (χ2n) is 3.05. The van der Waals surface area contributed by atoms with E-state index < -0.39 is 12.0 Å². The number of esters is 1. The van der Waals surface area contributed by atoms with Crippen molar-refractivity contribution in [3.8, 4) is 0 Å². The Morgan fingerprint density at radius 1 is 1.47 bits per heavy atom. The highest BCUT2D eigenvalue weighted by atomic mass is 16.5. The monoisotopic (exact) mass is 207 g/mol. The van der Waals surface area contributed by atoms with Gasteiger partial charge < -0.3 is 10.1 Å². The summed E-state index contributed by atoms with van der Waals surface area (Å²) >= 11 is 0. The van der Waals surface area contributed by atoms with E-state index in [9.17, 15) is 9.59 Å². The fourth-order valence-electron chi connectivity index (χ4n) is 1.28. The molecule has 0 aromatic heterocycles. The Labute approximate surface area is 88.2 Å². The maximum absolute atomic E-state index is 11.3. The SMILES string of the molecule is COC(=O)C(Cc1ccccc1)NC=O. The van der Waals surface area contributed by atoms with E-state index in [1.165, 1.54) is 7.11 Å². The fraction of sp³-hybridized carbons (Fsp3) is 0.273. The Kier molecular flexibility index (Phi) is 4.34. The van der Waals surface area contributed by atoms with Gasteiger partial charge in [0, 0.05) is 6.42 Å². The molecular formula is C11H13NO3. The fourth-order valence-corrected chi connectivity index (χ4v) is 1.28. The molecule has 0 aliphatic carbocycles. The van der Waals surface area contributed by atoms with E-state index in [1.54, 1.807) is 0 Å². The van der Waals surface area contributed by atoms with Gasteiger partial charge in [-0.05, 0) is 5.56 Å². The van der Waals surface area contributed by atoms with Gasteiger partial charge in [0.25, 0.3) is 0 Å². The molecule has 1 unspecified atom stereocenters. The number of rotatable bonds is 5. The second-order valence-corrected chi connectivity index (χ2v) is 3.05. The van der Waals surface area contributed by atoms with Crippen molar-refractivity contribution in [2.24, 2.45) is 0 Å². The number of nitrogens with one attached hydrogen (secondary N) is 1. The van der Waals surface area contributed by atoms with E-state index in [-0.39, 0.29) is 0 Å². The molecule has 4 nitrogen and oxygen atoms in total. The lowest BCUT2D eigenvalue weighted by Gasteiger charge is -2.13. The van der Waals surface area contributed by atoms with Crippen LogP contribution in [0.25, 0.3) is 0 Å². The molecule has 0 fully saturated rings. The van der Waals surface area contributed by atoms with Crippen LogP contribution in [0.5, 0.6) is 0 Å². The Morgan fingerprint density at radius 3 is 2.67 bits per heavy atom. The van der Waals surface area contributed by atoms with Crippen molar-refractivity contribution in [2.75, 3.05) is 7.11 Å². The topological polar surface area (TPSA) is 55.4 Å². The average Bonchev–Trinajstić information content (AvgIpc) is 2.29. The second kappa shape index (κ2) is 5.80. The van der Waals surface area contributed by atoms with Crippen molar-refractivity contribution in [3.63, 3.8) is 0 Å². The van der Waals surface area contributed by atoms with Crippen LogP contribution in [-0.2, 0) is 20.7 Å². The van der Waals surface area contributed by atoms with Crippen molar-refractivity contribution >= 4 is 12.4 Å². The number of benzene rings is 1. The third-order valence-corrected chi connectivity index (χ3v) is 2.04. The zero-order valence-electron chi connectivity index (χ0n) is 8.47. The minimum absolute atomic E-state index is 0.437. The van der Waals surface area contributed by atoms with E-state index >= 15 is 0 Å². The Bertz CT molecular complexity index is 324. The lowest BCUT2D eigenvalue weighted by atomic mass is 10.1. The maximum atomic E-state index is 11.3. The van der Waals surface area contributed by atoms with Crippen LogP contribution in [0.3, 0.4) is 0 Å². The van der Waals surface area contributed by atoms with Gasteiger partial charge in [-0.2, -0.15) is 0 Å². The molecule has 0 aliphatic rings. The zero-order chi connectivity index (χ0) is 11.1. The number of methoxy groups -OCH3 is 1. The average molecular weight is 207 g/mol. The highest BCUT2D eigenvalue weighted by molar-refractivity contribution is 5.78. The van der Waals surface area contributed by atoms with Crippen molar-refractivity contribution < 1.29 is 14.3 Å². The molecule has 0 saturated carbocycles. The van der Waals surface area contributed by atoms with Gasteiger partial charge in [-0.1, -0.05) is 30.3 Å². The predicted molar refractivity (Wildman–Crippen MR) is 55.1 cm³/mol. The maximum Gasteiger partial charge on any atom is 0.328 e. The Hall–Kier alpha value is -1.84. The van der Waals surface area contributed by atoms with Gasteiger partial charge in [0.1, 0.15) is 6.04 Å². The molecule has 1 aromatic carbocycles. The molecule has 15 heavy (non-hydrogen) atoms. The van der Waals surface area contributed by atoms with Crippen LogP contribution in [-0.4, -0.2) is 25.5 Å². The number of ether oxygens (including phenoxy) is 1. The molecule has 4 heteroatoms. The summed E-state index contributed by atoms with van der Waals surface area (Å²) in [6, 6.07) is 8.82. The highest BCUT2D eigenvalue weighted by Crippen LogP contribution is 2.03. The number of carbonyl (C=O) groups is 2. The molecule has 1 amide bonds. The van der Waals surface area contributed by atoms with E-state index in [0.29, 0.717) is 12.8 Å². The first kappa shape index (κ1) is 11.2. The first-order valence-electron chi connectivity index (χ1n) is 4.59. The Balaban J connectivity index is 2.66. The van der Waals surface area contributed by atoms with Crippen molar-refractivity contribution in [3.05, 3.63) is 35.9 Å². The molecule has 0 radical (unpaired) electrons. The largest absolute Gasteiger partial charge is 0.467 e. The molecule has 0 saturated heterocycles. The van der Waals surface area contributed by atoms with E-state index in [1.807, 2.05) is 30.3 Å². The molecule has 0 spiro atoms. The smallest absolute Gasteiger partial charge is 0.328 e. The van der Waals surface area contributed by atoms with E-state index in [4.69, 9.17) is 0 Å². The van der Waals surface area contributed by atoms with E-state index in [2.05, 4.69) is 10.1 Å². The first-order valence-corrected chi connectivity index (χ1v) is 4.59. The molecule has 1 N–H and O–H groups in total. The third kappa shape index (κ3) is 3.42. The summed E-state index contributed by atoms with van der Waals surface area (Å²) in [7, 11) is 1.30. The van der Waals surface area contributed by atoms with Gasteiger partial charge in [-0.15, -0.1) is 0 Å². The molecule has 0 heterocycles. The summed E-state index contributed by atoms with van der Waals surface area (Å²) in [6.07, 6.45) is 0.941. The minimum Gasteiger partial charge on any atom is -0.467 e. The van der Waals surface area contributed by atoms with Gasteiger partial charge >= 0.3 is 5.97 Å². The number of hydrogen-bond acceptors (Lipinski definition) is 3. The molecule has 0 bridgehead atoms. The lowest BCUT2D eigenvalue weighted by molar-refractivity contribution is -0.144. The summed E-state index contributed by atoms with van der Waals surface area (Å²) in [5, 5.41) is 2.43. The molecule has 80 valence electrons. The van der Waals surface area contributed by atoms with Crippen LogP contribution in [0, 0.1) is 0 Å². The van der Waals surface area contributed by atoms with Crippen molar-refractivity contribution in [2.45, 2.75) is 12.5 Å². The van der Waals surface area contributed by atoms with Gasteiger partial charge in [-0.25, -0.2) is 4.79 Å². The molecule has 1 atom stereocenters. The number of hydrogen-bond donors (Lipinski definition) is 1. The van der Waals surface area contributed by atoms with Gasteiger partial charge in [-0.3, -0.25) is 4.79 Å². The van der Waals surface area contributed by atoms with Gasteiger partial charge in [0.05, 0.1) is 7.11 Å². The van der Waals surface area contributed by atoms with Crippen molar-refractivity contribution in [1.82, 2.24) is 5.32 Å². The van der Waals surface area contributed by atoms with Crippen LogP contribution < -0.4 is 5.32 Å². The zero-order valence-corrected chi connectivity index (χ0v) is 8.47. The molecule has 0 aliphatic heterocycles. The van der Waals surface area contributed by atoms with Crippen LogP contribution in [0.1, 0.15) is 5.56 Å². The normalized spacial score (nSPS) is 11.5.